The molecule has 0 aromatic heterocycles. The average molecular weight is 236 g/mol. The maximum Gasteiger partial charge on any atom is 0.339 e. The summed E-state index contributed by atoms with van der Waals surface area (Å²) in [6.45, 7) is 1.87. The topological polar surface area (TPSA) is 50.4 Å². The molecule has 0 spiro atoms. The zero-order valence-electron chi connectivity index (χ0n) is 10.5. The first-order valence-electron chi connectivity index (χ1n) is 5.85. The molecule has 1 aromatic rings. The van der Waals surface area contributed by atoms with Gasteiger partial charge in [-0.05, 0) is 38.6 Å². The van der Waals surface area contributed by atoms with Crippen molar-refractivity contribution >= 4 is 11.7 Å². The summed E-state index contributed by atoms with van der Waals surface area (Å²) in [5, 5.41) is 6.36. The number of unbranched alkanes of at least 4 members (excludes halogenated alkanes) is 1. The number of anilines is 1. The van der Waals surface area contributed by atoms with Crippen LogP contribution in [0.15, 0.2) is 24.3 Å². The van der Waals surface area contributed by atoms with Gasteiger partial charge in [0.15, 0.2) is 0 Å². The maximum atomic E-state index is 11.5. The van der Waals surface area contributed by atoms with Gasteiger partial charge in [-0.2, -0.15) is 0 Å². The van der Waals surface area contributed by atoms with Gasteiger partial charge in [-0.15, -0.1) is 0 Å². The van der Waals surface area contributed by atoms with Crippen molar-refractivity contribution in [1.29, 1.82) is 0 Å². The van der Waals surface area contributed by atoms with Gasteiger partial charge in [-0.3, -0.25) is 0 Å². The van der Waals surface area contributed by atoms with Crippen LogP contribution in [0.25, 0.3) is 0 Å². The van der Waals surface area contributed by atoms with Crippen LogP contribution < -0.4 is 10.6 Å². The summed E-state index contributed by atoms with van der Waals surface area (Å²) < 4.78 is 4.73. The van der Waals surface area contributed by atoms with Crippen LogP contribution in [0.4, 0.5) is 5.69 Å². The van der Waals surface area contributed by atoms with Gasteiger partial charge in [0.25, 0.3) is 0 Å². The van der Waals surface area contributed by atoms with E-state index in [1.165, 1.54) is 7.11 Å². The first kappa shape index (κ1) is 13.5. The quantitative estimate of drug-likeness (QED) is 0.560. The van der Waals surface area contributed by atoms with Gasteiger partial charge in [-0.25, -0.2) is 4.79 Å². The lowest BCUT2D eigenvalue weighted by atomic mass is 10.1. The fourth-order valence-corrected chi connectivity index (χ4v) is 1.58. The molecule has 94 valence electrons. The van der Waals surface area contributed by atoms with Crippen LogP contribution in [0.5, 0.6) is 0 Å². The van der Waals surface area contributed by atoms with Crippen LogP contribution in [0, 0.1) is 0 Å². The third-order valence-electron chi connectivity index (χ3n) is 2.50. The molecule has 1 rings (SSSR count). The SMILES string of the molecule is CNCCCCNc1ccccc1C(=O)OC. The van der Waals surface area contributed by atoms with Crippen molar-refractivity contribution in [2.75, 3.05) is 32.6 Å². The highest BCUT2D eigenvalue weighted by Gasteiger charge is 2.09. The normalized spacial score (nSPS) is 10.0. The molecule has 4 heteroatoms. The molecule has 2 N–H and O–H groups in total. The van der Waals surface area contributed by atoms with Gasteiger partial charge in [-0.1, -0.05) is 12.1 Å². The van der Waals surface area contributed by atoms with Gasteiger partial charge in [0.2, 0.25) is 0 Å². The third-order valence-corrected chi connectivity index (χ3v) is 2.50. The van der Waals surface area contributed by atoms with Crippen molar-refractivity contribution in [1.82, 2.24) is 5.32 Å². The van der Waals surface area contributed by atoms with Gasteiger partial charge in [0.05, 0.1) is 12.7 Å². The molecule has 0 unspecified atom stereocenters. The number of carbonyl (C=O) groups is 1. The minimum atomic E-state index is -0.302. The Balaban J connectivity index is 2.49. The number of para-hydroxylation sites is 1. The van der Waals surface area contributed by atoms with Crippen LogP contribution in [0.1, 0.15) is 23.2 Å². The van der Waals surface area contributed by atoms with Crippen LogP contribution >= 0.6 is 0 Å². The van der Waals surface area contributed by atoms with Crippen molar-refractivity contribution in [3.63, 3.8) is 0 Å². The van der Waals surface area contributed by atoms with Crippen molar-refractivity contribution in [3.05, 3.63) is 29.8 Å². The second kappa shape index (κ2) is 7.68. The van der Waals surface area contributed by atoms with E-state index in [0.717, 1.165) is 31.6 Å². The summed E-state index contributed by atoms with van der Waals surface area (Å²) in [4.78, 5) is 11.5. The lowest BCUT2D eigenvalue weighted by molar-refractivity contribution is 0.0602. The number of hydrogen-bond acceptors (Lipinski definition) is 4. The lowest BCUT2D eigenvalue weighted by Gasteiger charge is -2.10. The monoisotopic (exact) mass is 236 g/mol. The molecule has 4 nitrogen and oxygen atoms in total. The zero-order chi connectivity index (χ0) is 12.5. The van der Waals surface area contributed by atoms with E-state index in [4.69, 9.17) is 4.74 Å². The number of esters is 1. The zero-order valence-corrected chi connectivity index (χ0v) is 10.5. The molecule has 0 fully saturated rings. The van der Waals surface area contributed by atoms with E-state index in [-0.39, 0.29) is 5.97 Å². The van der Waals surface area contributed by atoms with Crippen molar-refractivity contribution in [2.45, 2.75) is 12.8 Å². The Bertz CT molecular complexity index is 353. The van der Waals surface area contributed by atoms with E-state index in [2.05, 4.69) is 10.6 Å². The van der Waals surface area contributed by atoms with E-state index >= 15 is 0 Å². The molecule has 0 amide bonds. The molecule has 0 aliphatic heterocycles. The fraction of sp³-hybridized carbons (Fsp3) is 0.462. The van der Waals surface area contributed by atoms with Crippen LogP contribution in [-0.4, -0.2) is 33.2 Å². The van der Waals surface area contributed by atoms with Crippen LogP contribution in [0.3, 0.4) is 0 Å². The highest BCUT2D eigenvalue weighted by atomic mass is 16.5. The third kappa shape index (κ3) is 4.44. The number of carbonyl (C=O) groups excluding carboxylic acids is 1. The Labute approximate surface area is 102 Å². The molecule has 0 saturated carbocycles. The predicted octanol–water partition coefficient (Wildman–Crippen LogP) is 1.88. The standard InChI is InChI=1S/C13H20N2O2/c1-14-9-5-6-10-15-12-8-4-3-7-11(12)13(16)17-2/h3-4,7-8,14-15H,5-6,9-10H2,1-2H3. The van der Waals surface area contributed by atoms with Crippen molar-refractivity contribution in [2.24, 2.45) is 0 Å². The highest BCUT2D eigenvalue weighted by molar-refractivity contribution is 5.95. The molecular weight excluding hydrogens is 216 g/mol. The lowest BCUT2D eigenvalue weighted by Crippen LogP contribution is -2.12. The minimum Gasteiger partial charge on any atom is -0.465 e. The fourth-order valence-electron chi connectivity index (χ4n) is 1.58. The molecule has 0 bridgehead atoms. The highest BCUT2D eigenvalue weighted by Crippen LogP contribution is 2.15. The predicted molar refractivity (Wildman–Crippen MR) is 69.4 cm³/mol. The second-order valence-corrected chi connectivity index (χ2v) is 3.77. The molecule has 0 aliphatic carbocycles. The van der Waals surface area contributed by atoms with E-state index in [9.17, 15) is 4.79 Å². The van der Waals surface area contributed by atoms with E-state index < -0.39 is 0 Å². The summed E-state index contributed by atoms with van der Waals surface area (Å²) in [5.41, 5.74) is 1.42. The maximum absolute atomic E-state index is 11.5. The van der Waals surface area contributed by atoms with Gasteiger partial charge in [0.1, 0.15) is 0 Å². The van der Waals surface area contributed by atoms with Crippen molar-refractivity contribution < 1.29 is 9.53 Å². The Morgan fingerprint density at radius 1 is 1.24 bits per heavy atom. The summed E-state index contributed by atoms with van der Waals surface area (Å²) in [7, 11) is 3.34. The number of hydrogen-bond donors (Lipinski definition) is 2. The van der Waals surface area contributed by atoms with Gasteiger partial charge >= 0.3 is 5.97 Å². The number of methoxy groups -OCH3 is 1. The average Bonchev–Trinajstić information content (AvgIpc) is 2.38. The first-order chi connectivity index (χ1) is 8.29. The summed E-state index contributed by atoms with van der Waals surface area (Å²) >= 11 is 0. The summed E-state index contributed by atoms with van der Waals surface area (Å²) in [5.74, 6) is -0.302. The number of nitrogens with one attached hydrogen (secondary N) is 2. The number of rotatable bonds is 7. The number of ether oxygens (including phenoxy) is 1. The summed E-state index contributed by atoms with van der Waals surface area (Å²) in [6, 6.07) is 7.40. The smallest absolute Gasteiger partial charge is 0.339 e. The minimum absolute atomic E-state index is 0.302. The van der Waals surface area contributed by atoms with E-state index in [0.29, 0.717) is 5.56 Å². The van der Waals surface area contributed by atoms with Gasteiger partial charge in [0, 0.05) is 12.2 Å². The number of benzene rings is 1. The molecule has 0 aliphatic rings. The molecule has 0 heterocycles. The largest absolute Gasteiger partial charge is 0.465 e. The molecule has 1 aromatic carbocycles. The molecule has 0 saturated heterocycles. The Morgan fingerprint density at radius 3 is 2.65 bits per heavy atom. The Morgan fingerprint density at radius 2 is 1.94 bits per heavy atom. The molecule has 0 atom stereocenters. The first-order valence-corrected chi connectivity index (χ1v) is 5.85. The Kier molecular flexibility index (Phi) is 6.10. The summed E-state index contributed by atoms with van der Waals surface area (Å²) in [6.07, 6.45) is 2.18. The van der Waals surface area contributed by atoms with Crippen molar-refractivity contribution in [3.8, 4) is 0 Å². The van der Waals surface area contributed by atoms with Gasteiger partial charge < -0.3 is 15.4 Å². The van der Waals surface area contributed by atoms with Crippen LogP contribution in [-0.2, 0) is 4.74 Å². The second-order valence-electron chi connectivity index (χ2n) is 3.77. The molecular formula is C13H20N2O2. The molecule has 0 radical (unpaired) electrons. The van der Waals surface area contributed by atoms with E-state index in [1.54, 1.807) is 6.07 Å². The van der Waals surface area contributed by atoms with Crippen LogP contribution in [0.2, 0.25) is 0 Å². The molecule has 17 heavy (non-hydrogen) atoms. The Hall–Kier alpha value is -1.55. The van der Waals surface area contributed by atoms with E-state index in [1.807, 2.05) is 25.2 Å².